The van der Waals surface area contributed by atoms with Crippen molar-refractivity contribution in [1.82, 2.24) is 0 Å². The standard InChI is InChI=1S/C20H13ClFNO2S/c1-11-6-5-7-12(10-11)14-15-16(24)20(22,13-8-3-2-4-9-13)19(25)23-18(15)26-17(14)21/h2-10H,1H3,(H,23,25). The van der Waals surface area contributed by atoms with Gasteiger partial charge in [0.05, 0.1) is 5.56 Å². The molecule has 3 aromatic rings. The molecule has 0 fully saturated rings. The topological polar surface area (TPSA) is 46.2 Å². The molecule has 0 aliphatic carbocycles. The lowest BCUT2D eigenvalue weighted by Crippen LogP contribution is -2.47. The molecule has 3 nitrogen and oxygen atoms in total. The molecule has 1 N–H and O–H groups in total. The normalized spacial score (nSPS) is 19.2. The molecule has 1 aliphatic rings. The van der Waals surface area contributed by atoms with E-state index in [0.29, 0.717) is 15.5 Å². The van der Waals surface area contributed by atoms with E-state index < -0.39 is 17.4 Å². The molecule has 130 valence electrons. The second kappa shape index (κ2) is 6.04. The van der Waals surface area contributed by atoms with Crippen LogP contribution in [0.4, 0.5) is 9.39 Å². The van der Waals surface area contributed by atoms with Crippen molar-refractivity contribution in [1.29, 1.82) is 0 Å². The Morgan fingerprint density at radius 3 is 2.46 bits per heavy atom. The fourth-order valence-electron chi connectivity index (χ4n) is 3.16. The highest BCUT2D eigenvalue weighted by Gasteiger charge is 2.54. The average Bonchev–Trinajstić information content (AvgIpc) is 2.96. The van der Waals surface area contributed by atoms with Gasteiger partial charge in [-0.05, 0) is 12.5 Å². The zero-order valence-electron chi connectivity index (χ0n) is 13.7. The number of Topliss-reactive ketones (excluding diaryl/α,β-unsaturated/α-hetero) is 1. The van der Waals surface area contributed by atoms with Gasteiger partial charge < -0.3 is 5.32 Å². The zero-order valence-corrected chi connectivity index (χ0v) is 15.2. The van der Waals surface area contributed by atoms with E-state index in [1.54, 1.807) is 18.2 Å². The summed E-state index contributed by atoms with van der Waals surface area (Å²) in [5.74, 6) is -1.88. The monoisotopic (exact) mass is 385 g/mol. The number of ketones is 1. The molecule has 0 saturated carbocycles. The molecule has 1 aliphatic heterocycles. The number of halogens is 2. The van der Waals surface area contributed by atoms with Gasteiger partial charge >= 0.3 is 0 Å². The second-order valence-electron chi connectivity index (χ2n) is 6.13. The lowest BCUT2D eigenvalue weighted by atomic mass is 9.83. The van der Waals surface area contributed by atoms with E-state index in [1.807, 2.05) is 31.2 Å². The predicted molar refractivity (Wildman–Crippen MR) is 102 cm³/mol. The van der Waals surface area contributed by atoms with Gasteiger partial charge in [0.2, 0.25) is 5.78 Å². The van der Waals surface area contributed by atoms with Crippen LogP contribution in [-0.2, 0) is 10.5 Å². The summed E-state index contributed by atoms with van der Waals surface area (Å²) in [6.45, 7) is 1.92. The van der Waals surface area contributed by atoms with Gasteiger partial charge in [-0.2, -0.15) is 0 Å². The SMILES string of the molecule is Cc1cccc(-c2c(Cl)sc3c2C(=O)C(F)(c2ccccc2)C(=O)N3)c1. The number of hydrogen-bond donors (Lipinski definition) is 1. The highest BCUT2D eigenvalue weighted by molar-refractivity contribution is 7.21. The first kappa shape index (κ1) is 16.9. The molecule has 0 saturated heterocycles. The fraction of sp³-hybridized carbons (Fsp3) is 0.100. The second-order valence-corrected chi connectivity index (χ2v) is 7.75. The number of benzene rings is 2. The lowest BCUT2D eigenvalue weighted by molar-refractivity contribution is -0.125. The molecular formula is C20H13ClFNO2S. The van der Waals surface area contributed by atoms with Crippen molar-refractivity contribution in [2.24, 2.45) is 0 Å². The number of carbonyl (C=O) groups excluding carboxylic acids is 2. The largest absolute Gasteiger partial charge is 0.313 e. The first-order valence-electron chi connectivity index (χ1n) is 7.93. The minimum Gasteiger partial charge on any atom is -0.313 e. The summed E-state index contributed by atoms with van der Waals surface area (Å²) >= 11 is 7.43. The van der Waals surface area contributed by atoms with Gasteiger partial charge in [-0.25, -0.2) is 4.39 Å². The van der Waals surface area contributed by atoms with Crippen molar-refractivity contribution in [3.63, 3.8) is 0 Å². The van der Waals surface area contributed by atoms with Crippen LogP contribution in [0.15, 0.2) is 54.6 Å². The molecule has 0 bridgehead atoms. The Morgan fingerprint density at radius 1 is 1.04 bits per heavy atom. The Hall–Kier alpha value is -2.50. The molecule has 1 unspecified atom stereocenters. The van der Waals surface area contributed by atoms with E-state index in [4.69, 9.17) is 11.6 Å². The predicted octanol–water partition coefficient (Wildman–Crippen LogP) is 5.38. The van der Waals surface area contributed by atoms with Crippen LogP contribution in [0.3, 0.4) is 0 Å². The summed E-state index contributed by atoms with van der Waals surface area (Å²) in [6, 6.07) is 15.2. The first-order chi connectivity index (χ1) is 12.4. The van der Waals surface area contributed by atoms with Crippen molar-refractivity contribution in [3.8, 4) is 11.1 Å². The Balaban J connectivity index is 1.95. The number of thiophene rings is 1. The van der Waals surface area contributed by atoms with Gasteiger partial charge in [-0.3, -0.25) is 9.59 Å². The van der Waals surface area contributed by atoms with Crippen molar-refractivity contribution >= 4 is 39.6 Å². The molecule has 6 heteroatoms. The van der Waals surface area contributed by atoms with E-state index in [-0.39, 0.29) is 16.1 Å². The Kier molecular flexibility index (Phi) is 3.93. The summed E-state index contributed by atoms with van der Waals surface area (Å²) in [6.07, 6.45) is 0. The molecule has 4 rings (SSSR count). The van der Waals surface area contributed by atoms with Gasteiger partial charge in [-0.15, -0.1) is 11.3 Å². The van der Waals surface area contributed by atoms with Gasteiger partial charge in [0.15, 0.2) is 0 Å². The number of carbonyl (C=O) groups is 2. The number of fused-ring (bicyclic) bond motifs is 1. The number of anilines is 1. The maximum Gasteiger partial charge on any atom is 0.275 e. The number of amides is 1. The number of nitrogens with one attached hydrogen (secondary N) is 1. The molecule has 1 aromatic heterocycles. The van der Waals surface area contributed by atoms with Gasteiger partial charge in [0.1, 0.15) is 9.34 Å². The first-order valence-corrected chi connectivity index (χ1v) is 9.12. The van der Waals surface area contributed by atoms with E-state index in [9.17, 15) is 9.59 Å². The average molecular weight is 386 g/mol. The third kappa shape index (κ3) is 2.39. The number of rotatable bonds is 2. The van der Waals surface area contributed by atoms with E-state index in [2.05, 4.69) is 5.32 Å². The van der Waals surface area contributed by atoms with Gasteiger partial charge in [0, 0.05) is 11.1 Å². The number of alkyl halides is 1. The van der Waals surface area contributed by atoms with Crippen LogP contribution in [0, 0.1) is 6.92 Å². The summed E-state index contributed by atoms with van der Waals surface area (Å²) in [4.78, 5) is 25.6. The molecule has 2 heterocycles. The quantitative estimate of drug-likeness (QED) is 0.602. The number of aryl methyl sites for hydroxylation is 1. The summed E-state index contributed by atoms with van der Waals surface area (Å²) in [5, 5.41) is 2.81. The van der Waals surface area contributed by atoms with E-state index in [1.165, 1.54) is 12.1 Å². The van der Waals surface area contributed by atoms with Crippen LogP contribution in [0.5, 0.6) is 0 Å². The third-order valence-corrected chi connectivity index (χ3v) is 5.74. The molecule has 0 spiro atoms. The van der Waals surface area contributed by atoms with Crippen LogP contribution >= 0.6 is 22.9 Å². The summed E-state index contributed by atoms with van der Waals surface area (Å²) < 4.78 is 16.1. The minimum atomic E-state index is -2.78. The summed E-state index contributed by atoms with van der Waals surface area (Å²) in [5.41, 5.74) is -0.495. The van der Waals surface area contributed by atoms with Crippen molar-refractivity contribution in [2.45, 2.75) is 12.6 Å². The van der Waals surface area contributed by atoms with Crippen LogP contribution < -0.4 is 5.32 Å². The van der Waals surface area contributed by atoms with Crippen LogP contribution in [0.1, 0.15) is 21.5 Å². The smallest absolute Gasteiger partial charge is 0.275 e. The number of hydrogen-bond acceptors (Lipinski definition) is 3. The zero-order chi connectivity index (χ0) is 18.5. The molecule has 1 atom stereocenters. The minimum absolute atomic E-state index is 0.00525. The van der Waals surface area contributed by atoms with Gasteiger partial charge in [0.25, 0.3) is 11.6 Å². The third-order valence-electron chi connectivity index (χ3n) is 4.42. The maximum atomic E-state index is 15.8. The highest BCUT2D eigenvalue weighted by Crippen LogP contribution is 2.49. The summed E-state index contributed by atoms with van der Waals surface area (Å²) in [7, 11) is 0. The maximum absolute atomic E-state index is 15.8. The molecule has 0 radical (unpaired) electrons. The highest BCUT2D eigenvalue weighted by atomic mass is 35.5. The Bertz CT molecular complexity index is 1050. The molecule has 2 aromatic carbocycles. The lowest BCUT2D eigenvalue weighted by Gasteiger charge is -2.28. The fourth-order valence-corrected chi connectivity index (χ4v) is 4.54. The Labute approximate surface area is 158 Å². The molecule has 1 amide bonds. The molecule has 26 heavy (non-hydrogen) atoms. The van der Waals surface area contributed by atoms with Crippen LogP contribution in [-0.4, -0.2) is 11.7 Å². The van der Waals surface area contributed by atoms with Crippen molar-refractivity contribution in [2.75, 3.05) is 5.32 Å². The van der Waals surface area contributed by atoms with E-state index in [0.717, 1.165) is 16.9 Å². The Morgan fingerprint density at radius 2 is 1.77 bits per heavy atom. The van der Waals surface area contributed by atoms with Crippen LogP contribution in [0.25, 0.3) is 11.1 Å². The van der Waals surface area contributed by atoms with E-state index >= 15 is 4.39 Å². The molecular weight excluding hydrogens is 373 g/mol. The van der Waals surface area contributed by atoms with Crippen molar-refractivity contribution < 1.29 is 14.0 Å². The van der Waals surface area contributed by atoms with Crippen molar-refractivity contribution in [3.05, 3.63) is 75.6 Å². The van der Waals surface area contributed by atoms with Crippen LogP contribution in [0.2, 0.25) is 4.34 Å². The van der Waals surface area contributed by atoms with Gasteiger partial charge in [-0.1, -0.05) is 71.8 Å².